The first-order valence-electron chi connectivity index (χ1n) is 5.89. The zero-order chi connectivity index (χ0) is 12.3. The van der Waals surface area contributed by atoms with E-state index in [1.165, 1.54) is 12.8 Å². The largest absolute Gasteiger partial charge is 0.506 e. The minimum absolute atomic E-state index is 0.321. The first kappa shape index (κ1) is 12.2. The number of ether oxygens (including phenoxy) is 2. The summed E-state index contributed by atoms with van der Waals surface area (Å²) in [4.78, 5) is 2.20. The second-order valence-corrected chi connectivity index (χ2v) is 4.25. The lowest BCUT2D eigenvalue weighted by atomic mass is 10.1. The molecule has 4 heteroatoms. The number of benzene rings is 1. The van der Waals surface area contributed by atoms with E-state index in [1.54, 1.807) is 20.3 Å². The van der Waals surface area contributed by atoms with Gasteiger partial charge in [0.15, 0.2) is 6.29 Å². The van der Waals surface area contributed by atoms with Gasteiger partial charge in [0.25, 0.3) is 0 Å². The summed E-state index contributed by atoms with van der Waals surface area (Å²) in [5.74, 6) is 0.321. The Morgan fingerprint density at radius 1 is 1.18 bits per heavy atom. The third kappa shape index (κ3) is 2.53. The highest BCUT2D eigenvalue weighted by atomic mass is 16.7. The molecule has 1 aromatic carbocycles. The maximum atomic E-state index is 9.90. The van der Waals surface area contributed by atoms with Gasteiger partial charge in [-0.2, -0.15) is 0 Å². The van der Waals surface area contributed by atoms with Crippen LogP contribution in [0.4, 0.5) is 5.69 Å². The van der Waals surface area contributed by atoms with Crippen LogP contribution < -0.4 is 4.90 Å². The molecular weight excluding hydrogens is 218 g/mol. The molecular formula is C13H19NO3. The molecule has 94 valence electrons. The number of nitrogens with zero attached hydrogens (tertiary/aromatic N) is 1. The molecule has 1 aliphatic heterocycles. The lowest BCUT2D eigenvalue weighted by Crippen LogP contribution is -2.18. The quantitative estimate of drug-likeness (QED) is 0.816. The molecule has 1 aliphatic rings. The van der Waals surface area contributed by atoms with Gasteiger partial charge < -0.3 is 19.5 Å². The zero-order valence-corrected chi connectivity index (χ0v) is 10.3. The van der Waals surface area contributed by atoms with Crippen molar-refractivity contribution in [2.75, 3.05) is 32.2 Å². The Hall–Kier alpha value is -1.26. The summed E-state index contributed by atoms with van der Waals surface area (Å²) in [5.41, 5.74) is 1.80. The molecule has 1 fully saturated rings. The lowest BCUT2D eigenvalue weighted by Gasteiger charge is -2.21. The van der Waals surface area contributed by atoms with Gasteiger partial charge in [0.05, 0.1) is 5.69 Å². The van der Waals surface area contributed by atoms with E-state index in [0.29, 0.717) is 5.75 Å². The summed E-state index contributed by atoms with van der Waals surface area (Å²) in [7, 11) is 3.22. The van der Waals surface area contributed by atoms with E-state index in [4.69, 9.17) is 9.47 Å². The van der Waals surface area contributed by atoms with Gasteiger partial charge in [-0.05, 0) is 25.0 Å². The molecule has 0 spiro atoms. The zero-order valence-electron chi connectivity index (χ0n) is 10.3. The van der Waals surface area contributed by atoms with Gasteiger partial charge in [0, 0.05) is 32.9 Å². The summed E-state index contributed by atoms with van der Waals surface area (Å²) in [6, 6.07) is 5.47. The summed E-state index contributed by atoms with van der Waals surface area (Å²) in [6.45, 7) is 2.00. The molecule has 1 saturated heterocycles. The second kappa shape index (κ2) is 5.38. The van der Waals surface area contributed by atoms with Crippen molar-refractivity contribution in [2.24, 2.45) is 0 Å². The molecule has 0 amide bonds. The fraction of sp³-hybridized carbons (Fsp3) is 0.538. The van der Waals surface area contributed by atoms with Crippen LogP contribution in [0.2, 0.25) is 0 Å². The number of hydrogen-bond acceptors (Lipinski definition) is 4. The summed E-state index contributed by atoms with van der Waals surface area (Å²) in [5, 5.41) is 9.90. The monoisotopic (exact) mass is 237 g/mol. The van der Waals surface area contributed by atoms with Crippen LogP contribution in [0.5, 0.6) is 5.75 Å². The van der Waals surface area contributed by atoms with Gasteiger partial charge in [-0.1, -0.05) is 6.07 Å². The van der Waals surface area contributed by atoms with Crippen molar-refractivity contribution in [3.05, 3.63) is 23.8 Å². The third-order valence-electron chi connectivity index (χ3n) is 3.15. The average Bonchev–Trinajstić information content (AvgIpc) is 2.86. The highest BCUT2D eigenvalue weighted by molar-refractivity contribution is 5.60. The maximum absolute atomic E-state index is 9.90. The lowest BCUT2D eigenvalue weighted by molar-refractivity contribution is -0.106. The van der Waals surface area contributed by atoms with E-state index in [0.717, 1.165) is 24.3 Å². The minimum Gasteiger partial charge on any atom is -0.506 e. The van der Waals surface area contributed by atoms with Crippen LogP contribution in [0.3, 0.4) is 0 Å². The van der Waals surface area contributed by atoms with E-state index >= 15 is 0 Å². The fourth-order valence-electron chi connectivity index (χ4n) is 2.27. The molecule has 0 unspecified atom stereocenters. The van der Waals surface area contributed by atoms with Crippen LogP contribution in [0, 0.1) is 0 Å². The number of anilines is 1. The average molecular weight is 237 g/mol. The molecule has 17 heavy (non-hydrogen) atoms. The van der Waals surface area contributed by atoms with Gasteiger partial charge in [-0.15, -0.1) is 0 Å². The van der Waals surface area contributed by atoms with Crippen LogP contribution in [-0.2, 0) is 9.47 Å². The Morgan fingerprint density at radius 3 is 2.41 bits per heavy atom. The van der Waals surface area contributed by atoms with Crippen molar-refractivity contribution in [3.8, 4) is 5.75 Å². The Kier molecular flexibility index (Phi) is 3.86. The van der Waals surface area contributed by atoms with Crippen molar-refractivity contribution in [1.82, 2.24) is 0 Å². The van der Waals surface area contributed by atoms with Gasteiger partial charge in [-0.3, -0.25) is 0 Å². The number of hydrogen-bond donors (Lipinski definition) is 1. The van der Waals surface area contributed by atoms with E-state index < -0.39 is 0 Å². The smallest absolute Gasteiger partial charge is 0.183 e. The van der Waals surface area contributed by atoms with Crippen LogP contribution in [0.15, 0.2) is 18.2 Å². The Morgan fingerprint density at radius 2 is 1.82 bits per heavy atom. The first-order chi connectivity index (χ1) is 8.26. The van der Waals surface area contributed by atoms with Gasteiger partial charge in [0.1, 0.15) is 5.75 Å². The van der Waals surface area contributed by atoms with Crippen LogP contribution >= 0.6 is 0 Å². The molecule has 0 bridgehead atoms. The number of phenolic OH excluding ortho intramolecular Hbond substituents is 1. The van der Waals surface area contributed by atoms with Gasteiger partial charge in [-0.25, -0.2) is 0 Å². The number of methoxy groups -OCH3 is 2. The fourth-order valence-corrected chi connectivity index (χ4v) is 2.27. The summed E-state index contributed by atoms with van der Waals surface area (Å²) in [6.07, 6.45) is 1.99. The first-order valence-corrected chi connectivity index (χ1v) is 5.89. The van der Waals surface area contributed by atoms with Gasteiger partial charge in [0.2, 0.25) is 0 Å². The molecule has 0 aliphatic carbocycles. The SMILES string of the molecule is COC(OC)c1ccc(O)c(N2CCCC2)c1. The van der Waals surface area contributed by atoms with Crippen LogP contribution in [0.1, 0.15) is 24.7 Å². The van der Waals surface area contributed by atoms with Crippen LogP contribution in [0.25, 0.3) is 0 Å². The Labute approximate surface area is 102 Å². The maximum Gasteiger partial charge on any atom is 0.183 e. The molecule has 1 aromatic rings. The topological polar surface area (TPSA) is 41.9 Å². The molecule has 1 N–H and O–H groups in total. The van der Waals surface area contributed by atoms with E-state index in [9.17, 15) is 5.11 Å². The number of rotatable bonds is 4. The van der Waals surface area contributed by atoms with Crippen molar-refractivity contribution < 1.29 is 14.6 Å². The van der Waals surface area contributed by atoms with Crippen molar-refractivity contribution in [3.63, 3.8) is 0 Å². The molecule has 0 atom stereocenters. The van der Waals surface area contributed by atoms with E-state index in [2.05, 4.69) is 4.90 Å². The molecule has 4 nitrogen and oxygen atoms in total. The third-order valence-corrected chi connectivity index (χ3v) is 3.15. The normalized spacial score (nSPS) is 15.8. The minimum atomic E-state index is -0.378. The molecule has 2 rings (SSSR count). The van der Waals surface area contributed by atoms with E-state index in [-0.39, 0.29) is 6.29 Å². The summed E-state index contributed by atoms with van der Waals surface area (Å²) < 4.78 is 10.4. The molecule has 0 radical (unpaired) electrons. The van der Waals surface area contributed by atoms with Crippen molar-refractivity contribution in [2.45, 2.75) is 19.1 Å². The standard InChI is InChI=1S/C13H19NO3/c1-16-13(17-2)10-5-6-12(15)11(9-10)14-7-3-4-8-14/h5-6,9,13,15H,3-4,7-8H2,1-2H3. The highest BCUT2D eigenvalue weighted by Gasteiger charge is 2.18. The van der Waals surface area contributed by atoms with Crippen molar-refractivity contribution >= 4 is 5.69 Å². The molecule has 0 saturated carbocycles. The van der Waals surface area contributed by atoms with E-state index in [1.807, 2.05) is 12.1 Å². The van der Waals surface area contributed by atoms with Crippen molar-refractivity contribution in [1.29, 1.82) is 0 Å². The highest BCUT2D eigenvalue weighted by Crippen LogP contribution is 2.33. The molecule has 0 aromatic heterocycles. The summed E-state index contributed by atoms with van der Waals surface area (Å²) >= 11 is 0. The Balaban J connectivity index is 2.28. The second-order valence-electron chi connectivity index (χ2n) is 4.25. The predicted molar refractivity (Wildman–Crippen MR) is 66.3 cm³/mol. The Bertz CT molecular complexity index is 371. The van der Waals surface area contributed by atoms with Gasteiger partial charge >= 0.3 is 0 Å². The van der Waals surface area contributed by atoms with Crippen LogP contribution in [-0.4, -0.2) is 32.4 Å². The number of phenols is 1. The number of aromatic hydroxyl groups is 1. The predicted octanol–water partition coefficient (Wildman–Crippen LogP) is 2.28. The molecule has 1 heterocycles.